The monoisotopic (exact) mass is 251 g/mol. The molecule has 0 unspecified atom stereocenters. The van der Waals surface area contributed by atoms with Crippen LogP contribution in [0.5, 0.6) is 17.2 Å². The van der Waals surface area contributed by atoms with E-state index in [4.69, 9.17) is 0 Å². The molecule has 5 heteroatoms. The van der Waals surface area contributed by atoms with E-state index < -0.39 is 17.2 Å². The normalized spacial score (nSPS) is 16.4. The second-order valence-corrected chi connectivity index (χ2v) is 4.67. The molecule has 0 aliphatic heterocycles. The van der Waals surface area contributed by atoms with E-state index >= 15 is 0 Å². The van der Waals surface area contributed by atoms with Crippen LogP contribution < -0.4 is 5.32 Å². The van der Waals surface area contributed by atoms with E-state index in [0.29, 0.717) is 0 Å². The van der Waals surface area contributed by atoms with Crippen molar-refractivity contribution in [3.63, 3.8) is 0 Å². The van der Waals surface area contributed by atoms with Gasteiger partial charge in [-0.1, -0.05) is 19.3 Å². The molecule has 1 aromatic carbocycles. The molecule has 0 radical (unpaired) electrons. The van der Waals surface area contributed by atoms with Crippen LogP contribution in [0, 0.1) is 0 Å². The van der Waals surface area contributed by atoms with Crippen LogP contribution in [-0.4, -0.2) is 27.3 Å². The minimum Gasteiger partial charge on any atom is -0.504 e. The number of phenols is 3. The number of benzene rings is 1. The van der Waals surface area contributed by atoms with Crippen LogP contribution in [0.4, 0.5) is 0 Å². The third-order valence-electron chi connectivity index (χ3n) is 3.27. The van der Waals surface area contributed by atoms with Gasteiger partial charge in [0, 0.05) is 11.6 Å². The third kappa shape index (κ3) is 2.67. The highest BCUT2D eigenvalue weighted by atomic mass is 16.3. The topological polar surface area (TPSA) is 89.8 Å². The summed E-state index contributed by atoms with van der Waals surface area (Å²) in [6, 6.07) is 2.45. The molecule has 4 N–H and O–H groups in total. The summed E-state index contributed by atoms with van der Waals surface area (Å²) in [7, 11) is 0. The molecule has 1 saturated carbocycles. The van der Waals surface area contributed by atoms with Gasteiger partial charge in [-0.25, -0.2) is 0 Å². The Morgan fingerprint density at radius 3 is 2.17 bits per heavy atom. The molecule has 1 amide bonds. The van der Waals surface area contributed by atoms with Crippen molar-refractivity contribution in [2.75, 3.05) is 0 Å². The predicted octanol–water partition coefficient (Wildman–Crippen LogP) is 1.87. The molecular weight excluding hydrogens is 234 g/mol. The highest BCUT2D eigenvalue weighted by Gasteiger charge is 2.18. The van der Waals surface area contributed by atoms with Gasteiger partial charge in [0.05, 0.1) is 0 Å². The second kappa shape index (κ2) is 5.16. The minimum atomic E-state index is -0.607. The van der Waals surface area contributed by atoms with Crippen molar-refractivity contribution in [3.8, 4) is 17.2 Å². The van der Waals surface area contributed by atoms with Gasteiger partial charge >= 0.3 is 0 Å². The van der Waals surface area contributed by atoms with E-state index in [9.17, 15) is 20.1 Å². The van der Waals surface area contributed by atoms with Crippen LogP contribution in [0.25, 0.3) is 0 Å². The average molecular weight is 251 g/mol. The fourth-order valence-corrected chi connectivity index (χ4v) is 2.25. The average Bonchev–Trinajstić information content (AvgIpc) is 2.36. The summed E-state index contributed by atoms with van der Waals surface area (Å²) in [5, 5.41) is 30.8. The molecule has 0 aromatic heterocycles. The Bertz CT molecular complexity index is 429. The maximum absolute atomic E-state index is 11.9. The lowest BCUT2D eigenvalue weighted by Gasteiger charge is -2.22. The maximum Gasteiger partial charge on any atom is 0.251 e. The maximum atomic E-state index is 11.9. The van der Waals surface area contributed by atoms with E-state index in [1.54, 1.807) is 0 Å². The van der Waals surface area contributed by atoms with Gasteiger partial charge in [-0.15, -0.1) is 0 Å². The molecule has 0 bridgehead atoms. The van der Waals surface area contributed by atoms with Gasteiger partial charge in [-0.3, -0.25) is 4.79 Å². The summed E-state index contributed by atoms with van der Waals surface area (Å²) in [6.45, 7) is 0. The lowest BCUT2D eigenvalue weighted by Crippen LogP contribution is -2.36. The van der Waals surface area contributed by atoms with Crippen LogP contribution in [-0.2, 0) is 0 Å². The zero-order valence-corrected chi connectivity index (χ0v) is 10.0. The number of amides is 1. The van der Waals surface area contributed by atoms with Crippen molar-refractivity contribution in [1.29, 1.82) is 0 Å². The van der Waals surface area contributed by atoms with Crippen molar-refractivity contribution in [1.82, 2.24) is 5.32 Å². The minimum absolute atomic E-state index is 0.147. The molecule has 0 spiro atoms. The van der Waals surface area contributed by atoms with Crippen molar-refractivity contribution >= 4 is 5.91 Å². The van der Waals surface area contributed by atoms with Gasteiger partial charge in [0.15, 0.2) is 17.2 Å². The summed E-state index contributed by atoms with van der Waals surface area (Å²) >= 11 is 0. The van der Waals surface area contributed by atoms with Crippen LogP contribution in [0.15, 0.2) is 12.1 Å². The number of nitrogens with one attached hydrogen (secondary N) is 1. The van der Waals surface area contributed by atoms with E-state index in [1.807, 2.05) is 0 Å². The molecule has 1 aromatic rings. The smallest absolute Gasteiger partial charge is 0.251 e. The summed E-state index contributed by atoms with van der Waals surface area (Å²) in [5.41, 5.74) is 0.147. The summed E-state index contributed by atoms with van der Waals surface area (Å²) in [4.78, 5) is 11.9. The van der Waals surface area contributed by atoms with E-state index in [-0.39, 0.29) is 17.5 Å². The highest BCUT2D eigenvalue weighted by molar-refractivity contribution is 5.95. The Labute approximate surface area is 105 Å². The molecule has 1 fully saturated rings. The Balaban J connectivity index is 2.08. The molecule has 18 heavy (non-hydrogen) atoms. The summed E-state index contributed by atoms with van der Waals surface area (Å²) < 4.78 is 0. The zero-order valence-electron chi connectivity index (χ0n) is 10.0. The van der Waals surface area contributed by atoms with Crippen LogP contribution in [0.2, 0.25) is 0 Å². The number of carbonyl (C=O) groups excluding carboxylic acids is 1. The van der Waals surface area contributed by atoms with E-state index in [1.165, 1.54) is 6.42 Å². The fourth-order valence-electron chi connectivity index (χ4n) is 2.25. The Hall–Kier alpha value is -1.91. The molecule has 1 aliphatic carbocycles. The van der Waals surface area contributed by atoms with E-state index in [2.05, 4.69) is 5.32 Å². The molecule has 1 aliphatic rings. The van der Waals surface area contributed by atoms with Crippen molar-refractivity contribution in [2.24, 2.45) is 0 Å². The van der Waals surface area contributed by atoms with Gasteiger partial charge in [0.25, 0.3) is 5.91 Å². The first-order chi connectivity index (χ1) is 8.58. The summed E-state index contributed by atoms with van der Waals surface area (Å²) in [6.07, 6.45) is 5.34. The van der Waals surface area contributed by atoms with E-state index in [0.717, 1.165) is 37.8 Å². The molecule has 2 rings (SSSR count). The van der Waals surface area contributed by atoms with Gasteiger partial charge in [-0.2, -0.15) is 0 Å². The second-order valence-electron chi connectivity index (χ2n) is 4.67. The molecule has 98 valence electrons. The Morgan fingerprint density at radius 2 is 1.61 bits per heavy atom. The largest absolute Gasteiger partial charge is 0.504 e. The van der Waals surface area contributed by atoms with Crippen molar-refractivity contribution < 1.29 is 20.1 Å². The number of hydrogen-bond acceptors (Lipinski definition) is 4. The number of aromatic hydroxyl groups is 3. The number of hydrogen-bond donors (Lipinski definition) is 4. The number of rotatable bonds is 2. The first-order valence-electron chi connectivity index (χ1n) is 6.13. The van der Waals surface area contributed by atoms with Crippen LogP contribution >= 0.6 is 0 Å². The number of carbonyl (C=O) groups is 1. The Morgan fingerprint density at radius 1 is 1.06 bits per heavy atom. The van der Waals surface area contributed by atoms with Crippen LogP contribution in [0.1, 0.15) is 42.5 Å². The first kappa shape index (κ1) is 12.5. The highest BCUT2D eigenvalue weighted by Crippen LogP contribution is 2.35. The van der Waals surface area contributed by atoms with Crippen LogP contribution in [0.3, 0.4) is 0 Å². The molecular formula is C13H17NO4. The standard InChI is InChI=1S/C13H17NO4/c15-10-6-8(7-11(16)12(10)17)13(18)14-9-4-2-1-3-5-9/h6-7,9,15-17H,1-5H2,(H,14,18). The SMILES string of the molecule is O=C(NC1CCCCC1)c1cc(O)c(O)c(O)c1. The van der Waals surface area contributed by atoms with Gasteiger partial charge in [0.1, 0.15) is 0 Å². The fraction of sp³-hybridized carbons (Fsp3) is 0.462. The third-order valence-corrected chi connectivity index (χ3v) is 3.27. The molecule has 0 atom stereocenters. The lowest BCUT2D eigenvalue weighted by molar-refractivity contribution is 0.0927. The first-order valence-corrected chi connectivity index (χ1v) is 6.13. The van der Waals surface area contributed by atoms with Gasteiger partial charge in [-0.05, 0) is 25.0 Å². The quantitative estimate of drug-likeness (QED) is 0.604. The molecule has 0 saturated heterocycles. The zero-order chi connectivity index (χ0) is 13.1. The van der Waals surface area contributed by atoms with Gasteiger partial charge < -0.3 is 20.6 Å². The van der Waals surface area contributed by atoms with Gasteiger partial charge in [0.2, 0.25) is 0 Å². The lowest BCUT2D eigenvalue weighted by atomic mass is 9.95. The summed E-state index contributed by atoms with van der Waals surface area (Å²) in [5.74, 6) is -1.94. The van der Waals surface area contributed by atoms with Crippen molar-refractivity contribution in [2.45, 2.75) is 38.1 Å². The predicted molar refractivity (Wildman–Crippen MR) is 65.8 cm³/mol. The molecule has 0 heterocycles. The number of phenolic OH excluding ortho intramolecular Hbond substituents is 3. The Kier molecular flexibility index (Phi) is 3.60. The van der Waals surface area contributed by atoms with Crippen molar-refractivity contribution in [3.05, 3.63) is 17.7 Å². The molecule has 5 nitrogen and oxygen atoms in total.